The molecule has 0 bridgehead atoms. The highest BCUT2D eigenvalue weighted by Gasteiger charge is 2.09. The molecule has 0 unspecified atom stereocenters. The van der Waals surface area contributed by atoms with Gasteiger partial charge in [-0.3, -0.25) is 5.43 Å². The molecule has 10 heavy (non-hydrogen) atoms. The summed E-state index contributed by atoms with van der Waals surface area (Å²) in [5, 5.41) is 2.60. The van der Waals surface area contributed by atoms with Crippen LogP contribution < -0.4 is 16.0 Å². The van der Waals surface area contributed by atoms with Crippen molar-refractivity contribution in [3.63, 3.8) is 0 Å². The van der Waals surface area contributed by atoms with Crippen LogP contribution in [0.4, 0.5) is 0 Å². The minimum absolute atomic E-state index is 0.874. The number of hydrazine groups is 2. The van der Waals surface area contributed by atoms with Crippen molar-refractivity contribution in [3.8, 4) is 0 Å². The van der Waals surface area contributed by atoms with Gasteiger partial charge in [0.05, 0.1) is 6.54 Å². The van der Waals surface area contributed by atoms with E-state index in [4.69, 9.17) is 0 Å². The van der Waals surface area contributed by atoms with Gasteiger partial charge < -0.3 is 0 Å². The molecular formula is C6H12N4+2. The molecule has 4 heteroatoms. The number of nitrogens with zero attached hydrogens (tertiary/aromatic N) is 1. The third-order valence-corrected chi connectivity index (χ3v) is 1.30. The molecule has 1 aliphatic heterocycles. The number of nitrogens with one attached hydrogen (secondary N) is 3. The molecule has 0 aromatic carbocycles. The van der Waals surface area contributed by atoms with Gasteiger partial charge in [0, 0.05) is 6.08 Å². The minimum Gasteiger partial charge on any atom is -0.257 e. The second-order valence-electron chi connectivity index (χ2n) is 2.01. The first-order valence-electron chi connectivity index (χ1n) is 3.13. The Hall–Kier alpha value is -1.32. The summed E-state index contributed by atoms with van der Waals surface area (Å²) in [5.74, 6) is 0.959. The Balaban J connectivity index is 2.69. The van der Waals surface area contributed by atoms with Gasteiger partial charge in [-0.1, -0.05) is 11.2 Å². The van der Waals surface area contributed by atoms with Crippen molar-refractivity contribution in [3.05, 3.63) is 12.2 Å². The second kappa shape index (κ2) is 3.00. The monoisotopic (exact) mass is 140 g/mol. The van der Waals surface area contributed by atoms with Crippen molar-refractivity contribution >= 4 is 12.6 Å². The molecule has 0 amide bonds. The smallest absolute Gasteiger partial charge is 0.257 e. The van der Waals surface area contributed by atoms with Crippen molar-refractivity contribution < 1.29 is 9.79 Å². The summed E-state index contributed by atoms with van der Waals surface area (Å²) in [6.07, 6.45) is 4.01. The number of hydrazone groups is 2. The molecule has 0 spiro atoms. The SMILES string of the molecule is C=[NH+]NC1=[N+](C)NCC=C1. The zero-order valence-corrected chi connectivity index (χ0v) is 6.02. The Morgan fingerprint density at radius 2 is 2.70 bits per heavy atom. The standard InChI is InChI=1S/C6H10N4/c1-7-9-6-4-3-5-8-10(6)2/h3-4,8H,1,5H2,2H3/p+2. The van der Waals surface area contributed by atoms with Crippen LogP contribution in [0.2, 0.25) is 0 Å². The van der Waals surface area contributed by atoms with Gasteiger partial charge in [-0.2, -0.15) is 4.68 Å². The number of hydrogen-bond acceptors (Lipinski definition) is 2. The lowest BCUT2D eigenvalue weighted by Crippen LogP contribution is -2.80. The van der Waals surface area contributed by atoms with Crippen LogP contribution in [0, 0.1) is 0 Å². The zero-order valence-electron chi connectivity index (χ0n) is 6.02. The van der Waals surface area contributed by atoms with E-state index in [9.17, 15) is 0 Å². The van der Waals surface area contributed by atoms with E-state index in [0.29, 0.717) is 0 Å². The maximum Gasteiger partial charge on any atom is 0.350 e. The summed E-state index contributed by atoms with van der Waals surface area (Å²) in [7, 11) is 1.93. The molecule has 0 aromatic rings. The predicted octanol–water partition coefficient (Wildman–Crippen LogP) is -2.61. The first-order valence-corrected chi connectivity index (χ1v) is 3.13. The lowest BCUT2D eigenvalue weighted by molar-refractivity contribution is -0.580. The molecule has 3 N–H and O–H groups in total. The highest BCUT2D eigenvalue weighted by atomic mass is 15.5. The zero-order chi connectivity index (χ0) is 7.40. The van der Waals surface area contributed by atoms with Crippen molar-refractivity contribution in [2.45, 2.75) is 0 Å². The highest BCUT2D eigenvalue weighted by molar-refractivity contribution is 5.87. The van der Waals surface area contributed by atoms with E-state index in [0.717, 1.165) is 12.4 Å². The first-order chi connectivity index (χ1) is 4.84. The molecule has 0 saturated carbocycles. The average Bonchev–Trinajstić information content (AvgIpc) is 1.94. The van der Waals surface area contributed by atoms with E-state index >= 15 is 0 Å². The molecule has 0 aliphatic carbocycles. The van der Waals surface area contributed by atoms with Crippen LogP contribution in [-0.4, -0.2) is 30.8 Å². The molecule has 0 saturated heterocycles. The van der Waals surface area contributed by atoms with E-state index in [1.54, 1.807) is 0 Å². The summed E-state index contributed by atoms with van der Waals surface area (Å²) in [4.78, 5) is 0. The quantitative estimate of drug-likeness (QED) is 0.212. The molecule has 0 atom stereocenters. The van der Waals surface area contributed by atoms with Crippen LogP contribution in [0.25, 0.3) is 0 Å². The van der Waals surface area contributed by atoms with E-state index in [1.165, 1.54) is 0 Å². The lowest BCUT2D eigenvalue weighted by atomic mass is 10.4. The lowest BCUT2D eigenvalue weighted by Gasteiger charge is -2.06. The van der Waals surface area contributed by atoms with Crippen LogP contribution in [-0.2, 0) is 0 Å². The van der Waals surface area contributed by atoms with E-state index in [2.05, 4.69) is 22.7 Å². The van der Waals surface area contributed by atoms with Crippen molar-refractivity contribution in [1.82, 2.24) is 10.9 Å². The topological polar surface area (TPSA) is 41.0 Å². The fraction of sp³-hybridized carbons (Fsp3) is 0.333. The van der Waals surface area contributed by atoms with Gasteiger partial charge in [-0.05, 0) is 5.43 Å². The normalized spacial score (nSPS) is 16.5. The van der Waals surface area contributed by atoms with E-state index in [-0.39, 0.29) is 0 Å². The Labute approximate surface area is 59.9 Å². The van der Waals surface area contributed by atoms with Crippen LogP contribution in [0.15, 0.2) is 12.2 Å². The Kier molecular flexibility index (Phi) is 2.04. The fourth-order valence-electron chi connectivity index (χ4n) is 0.773. The van der Waals surface area contributed by atoms with Gasteiger partial charge in [-0.25, -0.2) is 0 Å². The molecular weight excluding hydrogens is 128 g/mol. The van der Waals surface area contributed by atoms with E-state index in [1.807, 2.05) is 23.9 Å². The molecule has 1 heterocycles. The van der Waals surface area contributed by atoms with Gasteiger partial charge in [0.1, 0.15) is 7.05 Å². The van der Waals surface area contributed by atoms with E-state index < -0.39 is 0 Å². The predicted molar refractivity (Wildman–Crippen MR) is 39.6 cm³/mol. The largest absolute Gasteiger partial charge is 0.350 e. The summed E-state index contributed by atoms with van der Waals surface area (Å²) in [6.45, 7) is 4.32. The summed E-state index contributed by atoms with van der Waals surface area (Å²) in [5.41, 5.74) is 5.96. The van der Waals surface area contributed by atoms with Gasteiger partial charge in [-0.15, -0.1) is 0 Å². The van der Waals surface area contributed by atoms with Crippen LogP contribution in [0.1, 0.15) is 0 Å². The molecule has 0 radical (unpaired) electrons. The molecule has 1 aliphatic rings. The van der Waals surface area contributed by atoms with Gasteiger partial charge >= 0.3 is 5.84 Å². The Bertz CT molecular complexity index is 192. The third-order valence-electron chi connectivity index (χ3n) is 1.30. The molecule has 54 valence electrons. The summed E-state index contributed by atoms with van der Waals surface area (Å²) in [6, 6.07) is 0. The van der Waals surface area contributed by atoms with Crippen molar-refractivity contribution in [1.29, 1.82) is 0 Å². The maximum atomic E-state index is 3.44. The van der Waals surface area contributed by atoms with Gasteiger partial charge in [0.2, 0.25) is 0 Å². The first kappa shape index (κ1) is 6.80. The Morgan fingerprint density at radius 3 is 3.30 bits per heavy atom. The summed E-state index contributed by atoms with van der Waals surface area (Å²) >= 11 is 0. The Morgan fingerprint density at radius 1 is 1.90 bits per heavy atom. The van der Waals surface area contributed by atoms with Crippen molar-refractivity contribution in [2.24, 2.45) is 0 Å². The molecule has 4 nitrogen and oxygen atoms in total. The molecule has 0 fully saturated rings. The fourth-order valence-corrected chi connectivity index (χ4v) is 0.773. The number of hydrogen-bond donors (Lipinski definition) is 3. The highest BCUT2D eigenvalue weighted by Crippen LogP contribution is 1.79. The van der Waals surface area contributed by atoms with Crippen LogP contribution in [0.3, 0.4) is 0 Å². The average molecular weight is 140 g/mol. The summed E-state index contributed by atoms with van der Waals surface area (Å²) < 4.78 is 1.89. The van der Waals surface area contributed by atoms with Gasteiger partial charge in [0.15, 0.2) is 6.72 Å². The number of amidine groups is 1. The third kappa shape index (κ3) is 1.34. The second-order valence-corrected chi connectivity index (χ2v) is 2.01. The molecule has 0 aromatic heterocycles. The van der Waals surface area contributed by atoms with Crippen molar-refractivity contribution in [2.75, 3.05) is 13.6 Å². The van der Waals surface area contributed by atoms with Crippen LogP contribution >= 0.6 is 0 Å². The van der Waals surface area contributed by atoms with Crippen LogP contribution in [0.5, 0.6) is 0 Å². The van der Waals surface area contributed by atoms with Gasteiger partial charge in [0.25, 0.3) is 0 Å². The number of rotatable bonds is 1. The molecule has 1 rings (SSSR count). The maximum absolute atomic E-state index is 3.44. The minimum atomic E-state index is 0.874.